The van der Waals surface area contributed by atoms with Gasteiger partial charge in [-0.1, -0.05) is 35.5 Å². The van der Waals surface area contributed by atoms with Crippen molar-refractivity contribution in [2.45, 2.75) is 12.8 Å². The van der Waals surface area contributed by atoms with Crippen LogP contribution in [0.4, 0.5) is 0 Å². The Kier molecular flexibility index (Phi) is 4.06. The van der Waals surface area contributed by atoms with Crippen LogP contribution in [0.1, 0.15) is 22.5 Å². The molecule has 5 nitrogen and oxygen atoms in total. The zero-order chi connectivity index (χ0) is 12.8. The Morgan fingerprint density at radius 3 is 2.78 bits per heavy atom. The minimum absolute atomic E-state index is 0.170. The molecule has 0 unspecified atom stereocenters. The topological polar surface area (TPSA) is 59.8 Å². The first-order valence-corrected chi connectivity index (χ1v) is 5.94. The third-order valence-corrected chi connectivity index (χ3v) is 2.61. The van der Waals surface area contributed by atoms with Crippen molar-refractivity contribution >= 4 is 5.91 Å². The molecule has 0 radical (unpaired) electrons. The van der Waals surface area contributed by atoms with E-state index in [1.807, 2.05) is 18.2 Å². The van der Waals surface area contributed by atoms with E-state index in [1.54, 1.807) is 13.2 Å². The quantitative estimate of drug-likeness (QED) is 0.803. The van der Waals surface area contributed by atoms with Crippen LogP contribution in [0.5, 0.6) is 0 Å². The Hall–Kier alpha value is -2.17. The monoisotopic (exact) mass is 244 g/mol. The standard InChI is InChI=1S/C13H16N4O/c1-17-10-12(15-16-17)13(18)14-9-5-8-11-6-3-2-4-7-11/h2-4,6-7,10H,5,8-9H2,1H3,(H,14,18). The molecule has 1 aromatic carbocycles. The average molecular weight is 244 g/mol. The van der Waals surface area contributed by atoms with Crippen molar-refractivity contribution in [2.24, 2.45) is 7.05 Å². The van der Waals surface area contributed by atoms with Crippen LogP contribution in [0.2, 0.25) is 0 Å². The summed E-state index contributed by atoms with van der Waals surface area (Å²) in [6.45, 7) is 0.643. The minimum Gasteiger partial charge on any atom is -0.351 e. The van der Waals surface area contributed by atoms with Crippen LogP contribution >= 0.6 is 0 Å². The van der Waals surface area contributed by atoms with Gasteiger partial charge in [0, 0.05) is 13.6 Å². The van der Waals surface area contributed by atoms with E-state index in [1.165, 1.54) is 10.2 Å². The normalized spacial score (nSPS) is 10.3. The second kappa shape index (κ2) is 5.95. The summed E-state index contributed by atoms with van der Waals surface area (Å²) in [5.41, 5.74) is 1.64. The van der Waals surface area contributed by atoms with Crippen molar-refractivity contribution < 1.29 is 4.79 Å². The van der Waals surface area contributed by atoms with E-state index in [4.69, 9.17) is 0 Å². The molecule has 2 rings (SSSR count). The third kappa shape index (κ3) is 3.41. The van der Waals surface area contributed by atoms with Crippen molar-refractivity contribution in [3.05, 3.63) is 47.8 Å². The van der Waals surface area contributed by atoms with Crippen LogP contribution in [0, 0.1) is 0 Å². The van der Waals surface area contributed by atoms with E-state index >= 15 is 0 Å². The molecule has 0 fully saturated rings. The predicted octanol–water partition coefficient (Wildman–Crippen LogP) is 1.18. The predicted molar refractivity (Wildman–Crippen MR) is 68.1 cm³/mol. The van der Waals surface area contributed by atoms with E-state index in [0.717, 1.165) is 12.8 Å². The number of carbonyl (C=O) groups excluding carboxylic acids is 1. The highest BCUT2D eigenvalue weighted by molar-refractivity contribution is 5.91. The fourth-order valence-corrected chi connectivity index (χ4v) is 1.68. The molecular formula is C13H16N4O. The molecule has 0 spiro atoms. The second-order valence-electron chi connectivity index (χ2n) is 4.12. The summed E-state index contributed by atoms with van der Waals surface area (Å²) in [7, 11) is 1.74. The third-order valence-electron chi connectivity index (χ3n) is 2.61. The molecule has 2 aromatic rings. The molecule has 0 aliphatic heterocycles. The zero-order valence-electron chi connectivity index (χ0n) is 10.3. The summed E-state index contributed by atoms with van der Waals surface area (Å²) in [6.07, 6.45) is 3.48. The molecule has 94 valence electrons. The Labute approximate surface area is 106 Å². The van der Waals surface area contributed by atoms with Crippen LogP contribution < -0.4 is 5.32 Å². The number of aryl methyl sites for hydroxylation is 2. The molecule has 1 aromatic heterocycles. The van der Waals surface area contributed by atoms with Gasteiger partial charge in [-0.05, 0) is 18.4 Å². The molecule has 18 heavy (non-hydrogen) atoms. The molecule has 1 amide bonds. The number of hydrogen-bond donors (Lipinski definition) is 1. The highest BCUT2D eigenvalue weighted by Gasteiger charge is 2.08. The van der Waals surface area contributed by atoms with E-state index in [2.05, 4.69) is 27.8 Å². The maximum Gasteiger partial charge on any atom is 0.273 e. The molecule has 0 bridgehead atoms. The lowest BCUT2D eigenvalue weighted by atomic mass is 10.1. The first-order valence-electron chi connectivity index (χ1n) is 5.94. The van der Waals surface area contributed by atoms with E-state index in [0.29, 0.717) is 12.2 Å². The highest BCUT2D eigenvalue weighted by atomic mass is 16.1. The summed E-state index contributed by atoms with van der Waals surface area (Å²) in [5.74, 6) is -0.170. The number of hydrogen-bond acceptors (Lipinski definition) is 3. The van der Waals surface area contributed by atoms with Crippen molar-refractivity contribution in [3.63, 3.8) is 0 Å². The maximum absolute atomic E-state index is 11.6. The summed E-state index contributed by atoms with van der Waals surface area (Å²) < 4.78 is 1.51. The van der Waals surface area contributed by atoms with Gasteiger partial charge in [0.15, 0.2) is 5.69 Å². The molecule has 1 heterocycles. The fraction of sp³-hybridized carbons (Fsp3) is 0.308. The van der Waals surface area contributed by atoms with Crippen molar-refractivity contribution in [2.75, 3.05) is 6.54 Å². The Balaban J connectivity index is 1.71. The molecule has 5 heteroatoms. The molecule has 0 saturated heterocycles. The van der Waals surface area contributed by atoms with Crippen molar-refractivity contribution in [3.8, 4) is 0 Å². The number of aromatic nitrogens is 3. The van der Waals surface area contributed by atoms with Gasteiger partial charge in [-0.2, -0.15) is 0 Å². The first kappa shape index (κ1) is 12.3. The average Bonchev–Trinajstić information content (AvgIpc) is 2.82. The smallest absolute Gasteiger partial charge is 0.273 e. The lowest BCUT2D eigenvalue weighted by molar-refractivity contribution is 0.0948. The summed E-state index contributed by atoms with van der Waals surface area (Å²) in [5, 5.41) is 10.3. The van der Waals surface area contributed by atoms with Gasteiger partial charge >= 0.3 is 0 Å². The number of nitrogens with zero attached hydrogens (tertiary/aromatic N) is 3. The largest absolute Gasteiger partial charge is 0.351 e. The Bertz CT molecular complexity index is 507. The lowest BCUT2D eigenvalue weighted by Gasteiger charge is -2.03. The van der Waals surface area contributed by atoms with Crippen LogP contribution in [0.15, 0.2) is 36.5 Å². The first-order chi connectivity index (χ1) is 8.75. The molecular weight excluding hydrogens is 228 g/mol. The number of benzene rings is 1. The molecule has 0 saturated carbocycles. The molecule has 1 N–H and O–H groups in total. The molecule has 0 aliphatic carbocycles. The number of carbonyl (C=O) groups is 1. The van der Waals surface area contributed by atoms with Gasteiger partial charge in [0.2, 0.25) is 0 Å². The molecule has 0 atom stereocenters. The van der Waals surface area contributed by atoms with Gasteiger partial charge in [-0.25, -0.2) is 0 Å². The maximum atomic E-state index is 11.6. The summed E-state index contributed by atoms with van der Waals surface area (Å²) in [6, 6.07) is 10.2. The van der Waals surface area contributed by atoms with Crippen LogP contribution in [0.3, 0.4) is 0 Å². The number of rotatable bonds is 5. The van der Waals surface area contributed by atoms with Crippen LogP contribution in [-0.4, -0.2) is 27.4 Å². The van der Waals surface area contributed by atoms with Gasteiger partial charge < -0.3 is 5.32 Å². The zero-order valence-corrected chi connectivity index (χ0v) is 10.3. The minimum atomic E-state index is -0.170. The second-order valence-corrected chi connectivity index (χ2v) is 4.12. The Morgan fingerprint density at radius 2 is 2.11 bits per heavy atom. The van der Waals surface area contributed by atoms with Gasteiger partial charge in [0.05, 0.1) is 6.20 Å². The van der Waals surface area contributed by atoms with Crippen molar-refractivity contribution in [1.82, 2.24) is 20.3 Å². The van der Waals surface area contributed by atoms with Gasteiger partial charge in [0.25, 0.3) is 5.91 Å². The van der Waals surface area contributed by atoms with E-state index in [-0.39, 0.29) is 5.91 Å². The Morgan fingerprint density at radius 1 is 1.33 bits per heavy atom. The van der Waals surface area contributed by atoms with Crippen molar-refractivity contribution in [1.29, 1.82) is 0 Å². The SMILES string of the molecule is Cn1cc(C(=O)NCCCc2ccccc2)nn1. The summed E-state index contributed by atoms with van der Waals surface area (Å²) in [4.78, 5) is 11.6. The lowest BCUT2D eigenvalue weighted by Crippen LogP contribution is -2.25. The highest BCUT2D eigenvalue weighted by Crippen LogP contribution is 2.01. The molecule has 0 aliphatic rings. The number of amides is 1. The van der Waals surface area contributed by atoms with Gasteiger partial charge in [-0.3, -0.25) is 9.48 Å². The fourth-order valence-electron chi connectivity index (χ4n) is 1.68. The summed E-state index contributed by atoms with van der Waals surface area (Å²) >= 11 is 0. The van der Waals surface area contributed by atoms with Gasteiger partial charge in [-0.15, -0.1) is 5.10 Å². The van der Waals surface area contributed by atoms with Crippen LogP contribution in [0.25, 0.3) is 0 Å². The van der Waals surface area contributed by atoms with E-state index in [9.17, 15) is 4.79 Å². The van der Waals surface area contributed by atoms with Crippen LogP contribution in [-0.2, 0) is 13.5 Å². The number of nitrogens with one attached hydrogen (secondary N) is 1. The van der Waals surface area contributed by atoms with E-state index < -0.39 is 0 Å². The van der Waals surface area contributed by atoms with Gasteiger partial charge in [0.1, 0.15) is 0 Å².